The number of nitrogens with zero attached hydrogens (tertiary/aromatic N) is 2. The van der Waals surface area contributed by atoms with Gasteiger partial charge in [-0.15, -0.1) is 0 Å². The first-order valence-electron chi connectivity index (χ1n) is 11.0. The Morgan fingerprint density at radius 3 is 2.41 bits per heavy atom. The summed E-state index contributed by atoms with van der Waals surface area (Å²) in [6.07, 6.45) is -3.97. The van der Waals surface area contributed by atoms with Crippen LogP contribution in [-0.2, 0) is 11.0 Å². The van der Waals surface area contributed by atoms with Crippen LogP contribution >= 0.6 is 0 Å². The lowest BCUT2D eigenvalue weighted by Gasteiger charge is -2.32. The highest BCUT2D eigenvalue weighted by Crippen LogP contribution is 2.33. The van der Waals surface area contributed by atoms with Gasteiger partial charge in [0.05, 0.1) is 16.6 Å². The number of carbonyl (C=O) groups is 2. The Balaban J connectivity index is 1.41. The zero-order valence-electron chi connectivity index (χ0n) is 18.7. The van der Waals surface area contributed by atoms with Crippen LogP contribution in [0.15, 0.2) is 51.7 Å². The molecule has 2 heterocycles. The summed E-state index contributed by atoms with van der Waals surface area (Å²) in [4.78, 5) is 38.9. The van der Waals surface area contributed by atoms with Gasteiger partial charge in [0.2, 0.25) is 5.91 Å². The average Bonchev–Trinajstić information content (AvgIpc) is 3.13. The van der Waals surface area contributed by atoms with Crippen LogP contribution in [-0.4, -0.2) is 34.4 Å². The molecule has 0 radical (unpaired) electrons. The molecular formula is C24H24F3N3O4. The summed E-state index contributed by atoms with van der Waals surface area (Å²) >= 11 is 0. The number of carbonyl (C=O) groups excluding carboxylic acids is 2. The average molecular weight is 475 g/mol. The van der Waals surface area contributed by atoms with E-state index >= 15 is 0 Å². The molecule has 10 heteroatoms. The van der Waals surface area contributed by atoms with Crippen LogP contribution in [0.2, 0.25) is 0 Å². The number of rotatable bonds is 4. The molecule has 2 amide bonds. The van der Waals surface area contributed by atoms with E-state index in [1.54, 1.807) is 18.2 Å². The lowest BCUT2D eigenvalue weighted by Crippen LogP contribution is -2.42. The molecule has 0 atom stereocenters. The molecule has 1 fully saturated rings. The predicted molar refractivity (Wildman–Crippen MR) is 120 cm³/mol. The van der Waals surface area contributed by atoms with Crippen LogP contribution in [0.25, 0.3) is 11.1 Å². The maximum absolute atomic E-state index is 13.3. The Morgan fingerprint density at radius 1 is 1.09 bits per heavy atom. The Hall–Kier alpha value is -3.56. The number of likely N-dealkylation sites (tertiary alicyclic amines) is 1. The van der Waals surface area contributed by atoms with Crippen molar-refractivity contribution in [1.29, 1.82) is 0 Å². The van der Waals surface area contributed by atoms with Gasteiger partial charge in [-0.2, -0.15) is 13.2 Å². The molecule has 34 heavy (non-hydrogen) atoms. The van der Waals surface area contributed by atoms with Gasteiger partial charge < -0.3 is 14.6 Å². The van der Waals surface area contributed by atoms with Gasteiger partial charge in [-0.3, -0.25) is 14.2 Å². The first-order valence-corrected chi connectivity index (χ1v) is 11.0. The van der Waals surface area contributed by atoms with Crippen LogP contribution in [0.3, 0.4) is 0 Å². The highest BCUT2D eigenvalue weighted by Gasteiger charge is 2.37. The fraction of sp³-hybridized carbons (Fsp3) is 0.375. The maximum atomic E-state index is 13.3. The molecule has 1 N–H and O–H groups in total. The van der Waals surface area contributed by atoms with Crippen LogP contribution in [0, 0.1) is 5.92 Å². The highest BCUT2D eigenvalue weighted by atomic mass is 19.4. The summed E-state index contributed by atoms with van der Waals surface area (Å²) in [6.45, 7) is 4.08. The predicted octanol–water partition coefficient (Wildman–Crippen LogP) is 4.69. The molecule has 1 aromatic heterocycles. The van der Waals surface area contributed by atoms with Crippen molar-refractivity contribution in [3.63, 3.8) is 0 Å². The fourth-order valence-electron chi connectivity index (χ4n) is 4.28. The van der Waals surface area contributed by atoms with E-state index in [0.29, 0.717) is 29.6 Å². The van der Waals surface area contributed by atoms with Crippen LogP contribution < -0.4 is 11.1 Å². The Morgan fingerprint density at radius 2 is 1.76 bits per heavy atom. The number of nitrogens with one attached hydrogen (secondary N) is 1. The molecule has 4 rings (SSSR count). The first-order chi connectivity index (χ1) is 16.1. The molecule has 0 saturated carbocycles. The normalized spacial score (nSPS) is 15.2. The van der Waals surface area contributed by atoms with Gasteiger partial charge >= 0.3 is 11.9 Å². The zero-order chi connectivity index (χ0) is 24.6. The second kappa shape index (κ2) is 9.00. The summed E-state index contributed by atoms with van der Waals surface area (Å²) in [6, 6.07) is 9.60. The number of benzene rings is 2. The maximum Gasteiger partial charge on any atom is 0.420 e. The third-order valence-electron chi connectivity index (χ3n) is 6.01. The second-order valence-electron chi connectivity index (χ2n) is 8.61. The SMILES string of the molecule is CC(C)n1c(=O)oc2cc(NC(=O)C3CCN(C(=O)c4ccccc4C(F)(F)F)CC3)ccc21. The van der Waals surface area contributed by atoms with E-state index in [9.17, 15) is 27.6 Å². The minimum absolute atomic E-state index is 0.0785. The smallest absolute Gasteiger partial charge is 0.408 e. The van der Waals surface area contributed by atoms with Crippen LogP contribution in [0.1, 0.15) is 48.7 Å². The van der Waals surface area contributed by atoms with E-state index < -0.39 is 29.3 Å². The third kappa shape index (κ3) is 4.57. The van der Waals surface area contributed by atoms with Gasteiger partial charge in [0.1, 0.15) is 0 Å². The number of halogens is 3. The summed E-state index contributed by atoms with van der Waals surface area (Å²) < 4.78 is 46.6. The molecule has 1 saturated heterocycles. The molecule has 180 valence electrons. The lowest BCUT2D eigenvalue weighted by atomic mass is 9.94. The molecule has 0 aliphatic carbocycles. The van der Waals surface area contributed by atoms with Crippen molar-refractivity contribution < 1.29 is 27.2 Å². The first kappa shape index (κ1) is 23.6. The van der Waals surface area contributed by atoms with E-state index in [1.165, 1.54) is 27.7 Å². The standard InChI is InChI=1S/C24H24F3N3O4/c1-14(2)30-19-8-7-16(13-20(19)34-23(30)33)28-21(31)15-9-11-29(12-10-15)22(32)17-5-3-4-6-18(17)24(25,26)27/h3-8,13-15H,9-12H2,1-2H3,(H,28,31). The van der Waals surface area contributed by atoms with E-state index in [0.717, 1.165) is 6.07 Å². The van der Waals surface area contributed by atoms with Crippen LogP contribution in [0.5, 0.6) is 0 Å². The van der Waals surface area contributed by atoms with Crippen molar-refractivity contribution in [2.24, 2.45) is 5.92 Å². The minimum Gasteiger partial charge on any atom is -0.408 e. The minimum atomic E-state index is -4.62. The van der Waals surface area contributed by atoms with Gasteiger partial charge in [-0.05, 0) is 51.0 Å². The monoisotopic (exact) mass is 475 g/mol. The number of amides is 2. The Labute approximate surface area is 193 Å². The Bertz CT molecular complexity index is 1280. The van der Waals surface area contributed by atoms with Gasteiger partial charge in [-0.1, -0.05) is 12.1 Å². The molecule has 1 aliphatic heterocycles. The number of hydrogen-bond donors (Lipinski definition) is 1. The summed E-state index contributed by atoms with van der Waals surface area (Å²) in [5.74, 6) is -1.82. The number of fused-ring (bicyclic) bond motifs is 1. The summed E-state index contributed by atoms with van der Waals surface area (Å²) in [5, 5.41) is 2.80. The molecule has 0 unspecified atom stereocenters. The Kier molecular flexibility index (Phi) is 6.24. The lowest BCUT2D eigenvalue weighted by molar-refractivity contribution is -0.138. The number of aromatic nitrogens is 1. The highest BCUT2D eigenvalue weighted by molar-refractivity contribution is 5.97. The number of hydrogen-bond acceptors (Lipinski definition) is 4. The van der Waals surface area contributed by atoms with Gasteiger partial charge in [0, 0.05) is 36.8 Å². The quantitative estimate of drug-likeness (QED) is 0.594. The van der Waals surface area contributed by atoms with Crippen LogP contribution in [0.4, 0.5) is 18.9 Å². The van der Waals surface area contributed by atoms with Crippen molar-refractivity contribution in [1.82, 2.24) is 9.47 Å². The topological polar surface area (TPSA) is 84.6 Å². The number of oxazole rings is 1. The summed E-state index contributed by atoms with van der Waals surface area (Å²) in [5.41, 5.74) is 0.109. The zero-order valence-corrected chi connectivity index (χ0v) is 18.7. The molecule has 0 bridgehead atoms. The third-order valence-corrected chi connectivity index (χ3v) is 6.01. The van der Waals surface area contributed by atoms with Gasteiger partial charge in [-0.25, -0.2) is 4.79 Å². The number of alkyl halides is 3. The van der Waals surface area contributed by atoms with E-state index in [2.05, 4.69) is 5.32 Å². The van der Waals surface area contributed by atoms with Crippen molar-refractivity contribution in [2.45, 2.75) is 38.9 Å². The molecule has 0 spiro atoms. The van der Waals surface area contributed by atoms with Crippen molar-refractivity contribution >= 4 is 28.6 Å². The van der Waals surface area contributed by atoms with E-state index in [4.69, 9.17) is 4.42 Å². The number of anilines is 1. The van der Waals surface area contributed by atoms with E-state index in [1.807, 2.05) is 13.8 Å². The molecule has 1 aliphatic rings. The molecule has 7 nitrogen and oxygen atoms in total. The molecule has 2 aromatic carbocycles. The van der Waals surface area contributed by atoms with Crippen molar-refractivity contribution in [2.75, 3.05) is 18.4 Å². The van der Waals surface area contributed by atoms with Crippen molar-refractivity contribution in [3.8, 4) is 0 Å². The fourth-order valence-corrected chi connectivity index (χ4v) is 4.28. The summed E-state index contributed by atoms with van der Waals surface area (Å²) in [7, 11) is 0. The number of piperidine rings is 1. The molecule has 3 aromatic rings. The van der Waals surface area contributed by atoms with Gasteiger partial charge in [0.25, 0.3) is 5.91 Å². The molecular weight excluding hydrogens is 451 g/mol. The largest absolute Gasteiger partial charge is 0.420 e. The second-order valence-corrected chi connectivity index (χ2v) is 8.61. The van der Waals surface area contributed by atoms with Crippen molar-refractivity contribution in [3.05, 3.63) is 64.1 Å². The van der Waals surface area contributed by atoms with E-state index in [-0.39, 0.29) is 30.6 Å². The van der Waals surface area contributed by atoms with Gasteiger partial charge in [0.15, 0.2) is 5.58 Å².